The molecule has 0 bridgehead atoms. The number of halogens is 1. The largest absolute Gasteiger partial charge is 0.378 e. The molecule has 9 heteroatoms. The van der Waals surface area contributed by atoms with E-state index in [4.69, 9.17) is 16.7 Å². The highest BCUT2D eigenvalue weighted by Gasteiger charge is 2.18. The standard InChI is InChI=1S/C8H10ClN3O4S/c9-6-2-1-3-7(8(6)12(13)14)11-4-5-17(10,15)16/h1-3,11H,4-5H2,(H2,10,15,16). The fourth-order valence-corrected chi connectivity index (χ4v) is 1.80. The van der Waals surface area contributed by atoms with E-state index in [1.54, 1.807) is 0 Å². The van der Waals surface area contributed by atoms with E-state index >= 15 is 0 Å². The molecule has 1 aromatic carbocycles. The van der Waals surface area contributed by atoms with Crippen LogP contribution < -0.4 is 10.5 Å². The van der Waals surface area contributed by atoms with Gasteiger partial charge in [-0.3, -0.25) is 10.1 Å². The van der Waals surface area contributed by atoms with Gasteiger partial charge in [0.1, 0.15) is 10.7 Å². The predicted molar refractivity (Wildman–Crippen MR) is 64.6 cm³/mol. The fraction of sp³-hybridized carbons (Fsp3) is 0.250. The second-order valence-corrected chi connectivity index (χ2v) is 5.33. The second kappa shape index (κ2) is 5.30. The molecular weight excluding hydrogens is 270 g/mol. The van der Waals surface area contributed by atoms with Gasteiger partial charge < -0.3 is 5.32 Å². The molecule has 0 aliphatic heterocycles. The van der Waals surface area contributed by atoms with Gasteiger partial charge in [0.15, 0.2) is 0 Å². The van der Waals surface area contributed by atoms with Crippen LogP contribution in [0.1, 0.15) is 0 Å². The van der Waals surface area contributed by atoms with E-state index in [0.717, 1.165) is 0 Å². The van der Waals surface area contributed by atoms with E-state index in [-0.39, 0.29) is 28.7 Å². The molecule has 0 atom stereocenters. The first-order chi connectivity index (χ1) is 7.81. The maximum Gasteiger partial charge on any atom is 0.310 e. The molecule has 17 heavy (non-hydrogen) atoms. The van der Waals surface area contributed by atoms with Crippen LogP contribution in [0.4, 0.5) is 11.4 Å². The maximum absolute atomic E-state index is 10.7. The average molecular weight is 280 g/mol. The van der Waals surface area contributed by atoms with Gasteiger partial charge in [-0.05, 0) is 12.1 Å². The molecule has 0 aromatic heterocycles. The van der Waals surface area contributed by atoms with Crippen molar-refractivity contribution < 1.29 is 13.3 Å². The molecule has 0 fully saturated rings. The summed E-state index contributed by atoms with van der Waals surface area (Å²) in [6.45, 7) is -0.0278. The minimum absolute atomic E-state index is 0.0180. The van der Waals surface area contributed by atoms with Crippen LogP contribution in [-0.2, 0) is 10.0 Å². The molecule has 1 rings (SSSR count). The van der Waals surface area contributed by atoms with Gasteiger partial charge in [-0.1, -0.05) is 17.7 Å². The number of nitro benzene ring substituents is 1. The number of hydrogen-bond acceptors (Lipinski definition) is 5. The zero-order valence-electron chi connectivity index (χ0n) is 8.59. The Morgan fingerprint density at radius 3 is 2.65 bits per heavy atom. The first kappa shape index (κ1) is 13.7. The fourth-order valence-electron chi connectivity index (χ4n) is 1.17. The number of sulfonamides is 1. The lowest BCUT2D eigenvalue weighted by Crippen LogP contribution is -2.22. The van der Waals surface area contributed by atoms with E-state index in [9.17, 15) is 18.5 Å². The molecule has 0 saturated heterocycles. The van der Waals surface area contributed by atoms with Crippen LogP contribution in [0, 0.1) is 10.1 Å². The summed E-state index contributed by atoms with van der Waals surface area (Å²) >= 11 is 5.67. The number of primary sulfonamides is 1. The summed E-state index contributed by atoms with van der Waals surface area (Å²) in [7, 11) is -3.60. The van der Waals surface area contributed by atoms with Gasteiger partial charge in [0.2, 0.25) is 10.0 Å². The molecular formula is C8H10ClN3O4S. The van der Waals surface area contributed by atoms with Crippen molar-refractivity contribution in [2.75, 3.05) is 17.6 Å². The third-order valence-electron chi connectivity index (χ3n) is 1.87. The first-order valence-electron chi connectivity index (χ1n) is 4.48. The molecule has 0 aliphatic carbocycles. The smallest absolute Gasteiger partial charge is 0.310 e. The van der Waals surface area contributed by atoms with Crippen LogP contribution in [0.15, 0.2) is 18.2 Å². The van der Waals surface area contributed by atoms with Gasteiger partial charge in [-0.15, -0.1) is 0 Å². The van der Waals surface area contributed by atoms with Crippen molar-refractivity contribution in [3.8, 4) is 0 Å². The third kappa shape index (κ3) is 4.17. The molecule has 7 nitrogen and oxygen atoms in total. The molecule has 0 saturated carbocycles. The minimum Gasteiger partial charge on any atom is -0.378 e. The van der Waals surface area contributed by atoms with Crippen LogP contribution in [0.5, 0.6) is 0 Å². The average Bonchev–Trinajstić information content (AvgIpc) is 2.14. The monoisotopic (exact) mass is 279 g/mol. The second-order valence-electron chi connectivity index (χ2n) is 3.19. The normalized spacial score (nSPS) is 11.2. The number of nitrogens with one attached hydrogen (secondary N) is 1. The molecule has 0 amide bonds. The highest BCUT2D eigenvalue weighted by atomic mass is 35.5. The lowest BCUT2D eigenvalue weighted by atomic mass is 10.2. The van der Waals surface area contributed by atoms with Gasteiger partial charge in [0, 0.05) is 6.54 Å². The molecule has 3 N–H and O–H groups in total. The van der Waals surface area contributed by atoms with Crippen LogP contribution in [-0.4, -0.2) is 25.6 Å². The summed E-state index contributed by atoms with van der Waals surface area (Å²) in [6, 6.07) is 4.34. The number of anilines is 1. The summed E-state index contributed by atoms with van der Waals surface area (Å²) in [5.41, 5.74) is -0.130. The predicted octanol–water partition coefficient (Wildman–Crippen LogP) is 0.949. The lowest BCUT2D eigenvalue weighted by molar-refractivity contribution is -0.383. The zero-order valence-corrected chi connectivity index (χ0v) is 10.2. The van der Waals surface area contributed by atoms with Crippen molar-refractivity contribution in [1.82, 2.24) is 0 Å². The van der Waals surface area contributed by atoms with Gasteiger partial charge in [-0.2, -0.15) is 0 Å². The highest BCUT2D eigenvalue weighted by Crippen LogP contribution is 2.31. The van der Waals surface area contributed by atoms with E-state index in [1.165, 1.54) is 18.2 Å². The Bertz CT molecular complexity index is 532. The van der Waals surface area contributed by atoms with Gasteiger partial charge in [-0.25, -0.2) is 13.6 Å². The van der Waals surface area contributed by atoms with E-state index in [2.05, 4.69) is 5.32 Å². The van der Waals surface area contributed by atoms with E-state index in [0.29, 0.717) is 0 Å². The Hall–Kier alpha value is -1.38. The first-order valence-corrected chi connectivity index (χ1v) is 6.58. The number of benzene rings is 1. The lowest BCUT2D eigenvalue weighted by Gasteiger charge is -2.06. The van der Waals surface area contributed by atoms with E-state index in [1.807, 2.05) is 0 Å². The molecule has 1 aromatic rings. The summed E-state index contributed by atoms with van der Waals surface area (Å²) in [5.74, 6) is -0.323. The van der Waals surface area contributed by atoms with Crippen molar-refractivity contribution in [3.05, 3.63) is 33.3 Å². The van der Waals surface area contributed by atoms with Crippen molar-refractivity contribution in [1.29, 1.82) is 0 Å². The summed E-state index contributed by atoms with van der Waals surface area (Å²) in [5, 5.41) is 18.1. The molecule has 0 unspecified atom stereocenters. The zero-order chi connectivity index (χ0) is 13.1. The Balaban J connectivity index is 2.85. The van der Waals surface area contributed by atoms with E-state index < -0.39 is 14.9 Å². The molecule has 0 spiro atoms. The van der Waals surface area contributed by atoms with Crippen LogP contribution in [0.25, 0.3) is 0 Å². The Morgan fingerprint density at radius 1 is 1.47 bits per heavy atom. The van der Waals surface area contributed by atoms with Gasteiger partial charge >= 0.3 is 5.69 Å². The SMILES string of the molecule is NS(=O)(=O)CCNc1cccc(Cl)c1[N+](=O)[O-]. The van der Waals surface area contributed by atoms with Crippen molar-refractivity contribution in [2.24, 2.45) is 5.14 Å². The number of nitro groups is 1. The third-order valence-corrected chi connectivity index (χ3v) is 2.95. The number of hydrogen-bond donors (Lipinski definition) is 2. The molecule has 94 valence electrons. The van der Waals surface area contributed by atoms with Crippen molar-refractivity contribution in [3.63, 3.8) is 0 Å². The quantitative estimate of drug-likeness (QED) is 0.615. The number of rotatable bonds is 5. The van der Waals surface area contributed by atoms with Crippen molar-refractivity contribution in [2.45, 2.75) is 0 Å². The number of para-hydroxylation sites is 1. The summed E-state index contributed by atoms with van der Waals surface area (Å²) in [4.78, 5) is 10.1. The topological polar surface area (TPSA) is 115 Å². The van der Waals surface area contributed by atoms with Crippen molar-refractivity contribution >= 4 is 33.0 Å². The molecule has 0 radical (unpaired) electrons. The van der Waals surface area contributed by atoms with Gasteiger partial charge in [0.05, 0.1) is 10.7 Å². The number of nitrogens with two attached hydrogens (primary N) is 1. The van der Waals surface area contributed by atoms with Crippen LogP contribution in [0.3, 0.4) is 0 Å². The Labute approximate surface area is 103 Å². The highest BCUT2D eigenvalue weighted by molar-refractivity contribution is 7.89. The maximum atomic E-state index is 10.7. The molecule has 0 aliphatic rings. The van der Waals surface area contributed by atoms with Gasteiger partial charge in [0.25, 0.3) is 0 Å². The summed E-state index contributed by atoms with van der Waals surface area (Å²) < 4.78 is 21.4. The summed E-state index contributed by atoms with van der Waals surface area (Å²) in [6.07, 6.45) is 0. The minimum atomic E-state index is -3.60. The van der Waals surface area contributed by atoms with Crippen LogP contribution in [0.2, 0.25) is 5.02 Å². The number of nitrogens with zero attached hydrogens (tertiary/aromatic N) is 1. The Kier molecular flexibility index (Phi) is 4.27. The van der Waals surface area contributed by atoms with Crippen LogP contribution >= 0.6 is 11.6 Å². The molecule has 0 heterocycles. The Morgan fingerprint density at radius 2 is 2.12 bits per heavy atom.